The topological polar surface area (TPSA) is 37.3 Å². The van der Waals surface area contributed by atoms with Gasteiger partial charge in [0.2, 0.25) is 0 Å². The molecule has 18 heavy (non-hydrogen) atoms. The first-order valence-corrected chi connectivity index (χ1v) is 6.62. The number of hydrogen-bond acceptors (Lipinski definition) is 1. The van der Waals surface area contributed by atoms with Gasteiger partial charge in [-0.1, -0.05) is 44.2 Å². The lowest BCUT2D eigenvalue weighted by Gasteiger charge is -2.04. The summed E-state index contributed by atoms with van der Waals surface area (Å²) in [5.41, 5.74) is 2.96. The number of hydrogen-bond donors (Lipinski definition) is 1. The summed E-state index contributed by atoms with van der Waals surface area (Å²) in [6.45, 7) is 5.73. The molecule has 0 aliphatic carbocycles. The Bertz CT molecular complexity index is 390. The van der Waals surface area contributed by atoms with Crippen molar-refractivity contribution < 1.29 is 9.90 Å². The first kappa shape index (κ1) is 14.5. The molecule has 0 radical (unpaired) electrons. The van der Waals surface area contributed by atoms with Gasteiger partial charge in [0, 0.05) is 5.57 Å². The van der Waals surface area contributed by atoms with Gasteiger partial charge in [-0.2, -0.15) is 0 Å². The van der Waals surface area contributed by atoms with Gasteiger partial charge in [-0.3, -0.25) is 0 Å². The van der Waals surface area contributed by atoms with Gasteiger partial charge in [0.15, 0.2) is 0 Å². The molecule has 1 rings (SSSR count). The summed E-state index contributed by atoms with van der Waals surface area (Å²) >= 11 is 0. The molecule has 0 saturated heterocycles. The molecular weight excluding hydrogens is 224 g/mol. The van der Waals surface area contributed by atoms with Gasteiger partial charge < -0.3 is 5.11 Å². The Kier molecular flexibility index (Phi) is 6.20. The van der Waals surface area contributed by atoms with Crippen molar-refractivity contribution in [3.05, 3.63) is 47.5 Å². The summed E-state index contributed by atoms with van der Waals surface area (Å²) in [6.07, 6.45) is 5.93. The van der Waals surface area contributed by atoms with Gasteiger partial charge in [-0.25, -0.2) is 4.79 Å². The average Bonchev–Trinajstić information content (AvgIpc) is 2.37. The van der Waals surface area contributed by atoms with Crippen LogP contribution in [-0.2, 0) is 17.6 Å². The Balaban J connectivity index is 2.35. The fraction of sp³-hybridized carbons (Fsp3) is 0.438. The first-order chi connectivity index (χ1) is 8.63. The summed E-state index contributed by atoms with van der Waals surface area (Å²) in [4.78, 5) is 10.6. The lowest BCUT2D eigenvalue weighted by molar-refractivity contribution is -0.132. The lowest BCUT2D eigenvalue weighted by Crippen LogP contribution is -1.99. The highest BCUT2D eigenvalue weighted by Gasteiger charge is 2.03. The van der Waals surface area contributed by atoms with E-state index in [0.29, 0.717) is 12.0 Å². The molecule has 0 atom stereocenters. The molecule has 0 amide bonds. The molecule has 0 spiro atoms. The molecule has 0 aliphatic heterocycles. The molecule has 0 fully saturated rings. The van der Waals surface area contributed by atoms with E-state index in [1.807, 2.05) is 0 Å². The normalized spacial score (nSPS) is 10.3. The van der Waals surface area contributed by atoms with Gasteiger partial charge >= 0.3 is 5.97 Å². The van der Waals surface area contributed by atoms with Crippen LogP contribution >= 0.6 is 0 Å². The van der Waals surface area contributed by atoms with Crippen LogP contribution in [0.5, 0.6) is 0 Å². The zero-order valence-electron chi connectivity index (χ0n) is 11.1. The van der Waals surface area contributed by atoms with E-state index in [2.05, 4.69) is 37.8 Å². The van der Waals surface area contributed by atoms with Crippen molar-refractivity contribution in [2.75, 3.05) is 0 Å². The molecule has 0 saturated carbocycles. The third-order valence-electron chi connectivity index (χ3n) is 3.09. The Morgan fingerprint density at radius 3 is 2.06 bits per heavy atom. The second kappa shape index (κ2) is 7.70. The number of rotatable bonds is 8. The largest absolute Gasteiger partial charge is 0.478 e. The number of carboxylic acid groups (broad SMARTS) is 1. The molecule has 2 nitrogen and oxygen atoms in total. The van der Waals surface area contributed by atoms with Gasteiger partial charge in [0.25, 0.3) is 0 Å². The molecule has 1 aromatic carbocycles. The Morgan fingerprint density at radius 1 is 1.11 bits per heavy atom. The number of unbranched alkanes of at least 4 members (excludes halogenated alkanes) is 1. The molecule has 1 N–H and O–H groups in total. The number of carboxylic acids is 1. The SMILES string of the molecule is C=C(CCCc1ccc(CCCC)cc1)C(=O)O. The van der Waals surface area contributed by atoms with Crippen LogP contribution in [0.1, 0.15) is 43.7 Å². The number of carbonyl (C=O) groups is 1. The first-order valence-electron chi connectivity index (χ1n) is 6.62. The predicted molar refractivity (Wildman–Crippen MR) is 74.8 cm³/mol. The summed E-state index contributed by atoms with van der Waals surface area (Å²) < 4.78 is 0. The molecule has 0 bridgehead atoms. The monoisotopic (exact) mass is 246 g/mol. The Labute approximate surface area is 109 Å². The second-order valence-electron chi connectivity index (χ2n) is 4.68. The van der Waals surface area contributed by atoms with Gasteiger partial charge in [-0.05, 0) is 43.2 Å². The molecular formula is C16H22O2. The Morgan fingerprint density at radius 2 is 1.61 bits per heavy atom. The maximum absolute atomic E-state index is 10.6. The number of aryl methyl sites for hydroxylation is 2. The van der Waals surface area contributed by atoms with Crippen molar-refractivity contribution in [3.63, 3.8) is 0 Å². The second-order valence-corrected chi connectivity index (χ2v) is 4.68. The van der Waals surface area contributed by atoms with Crippen LogP contribution in [0.3, 0.4) is 0 Å². The van der Waals surface area contributed by atoms with Crippen LogP contribution in [-0.4, -0.2) is 11.1 Å². The van der Waals surface area contributed by atoms with Crippen molar-refractivity contribution in [3.8, 4) is 0 Å². The van der Waals surface area contributed by atoms with Crippen LogP contribution < -0.4 is 0 Å². The van der Waals surface area contributed by atoms with Crippen molar-refractivity contribution >= 4 is 5.97 Å². The zero-order valence-corrected chi connectivity index (χ0v) is 11.1. The van der Waals surface area contributed by atoms with Gasteiger partial charge in [-0.15, -0.1) is 0 Å². The van der Waals surface area contributed by atoms with Crippen molar-refractivity contribution in [1.82, 2.24) is 0 Å². The highest BCUT2D eigenvalue weighted by molar-refractivity contribution is 5.85. The van der Waals surface area contributed by atoms with Crippen LogP contribution in [0.2, 0.25) is 0 Å². The molecule has 0 unspecified atom stereocenters. The molecule has 0 heterocycles. The van der Waals surface area contributed by atoms with Gasteiger partial charge in [0.1, 0.15) is 0 Å². The van der Waals surface area contributed by atoms with E-state index >= 15 is 0 Å². The van der Waals surface area contributed by atoms with E-state index < -0.39 is 5.97 Å². The fourth-order valence-electron chi connectivity index (χ4n) is 1.87. The third kappa shape index (κ3) is 5.17. The van der Waals surface area contributed by atoms with Crippen LogP contribution in [0.15, 0.2) is 36.4 Å². The zero-order chi connectivity index (χ0) is 13.4. The highest BCUT2D eigenvalue weighted by atomic mass is 16.4. The molecule has 0 aromatic heterocycles. The van der Waals surface area contributed by atoms with Crippen molar-refractivity contribution in [2.45, 2.75) is 45.4 Å². The van der Waals surface area contributed by atoms with Crippen LogP contribution in [0, 0.1) is 0 Å². The minimum atomic E-state index is -0.884. The molecule has 2 heteroatoms. The maximum atomic E-state index is 10.6. The molecule has 98 valence electrons. The molecule has 0 aliphatic rings. The van der Waals surface area contributed by atoms with Crippen molar-refractivity contribution in [1.29, 1.82) is 0 Å². The third-order valence-corrected chi connectivity index (χ3v) is 3.09. The van der Waals surface area contributed by atoms with Crippen LogP contribution in [0.25, 0.3) is 0 Å². The maximum Gasteiger partial charge on any atom is 0.330 e. The van der Waals surface area contributed by atoms with E-state index in [0.717, 1.165) is 19.3 Å². The van der Waals surface area contributed by atoms with Gasteiger partial charge in [0.05, 0.1) is 0 Å². The fourth-order valence-corrected chi connectivity index (χ4v) is 1.87. The van der Waals surface area contributed by atoms with Crippen LogP contribution in [0.4, 0.5) is 0 Å². The van der Waals surface area contributed by atoms with E-state index in [1.165, 1.54) is 24.0 Å². The summed E-state index contributed by atoms with van der Waals surface area (Å²) in [7, 11) is 0. The summed E-state index contributed by atoms with van der Waals surface area (Å²) in [6, 6.07) is 8.65. The summed E-state index contributed by atoms with van der Waals surface area (Å²) in [5.74, 6) is -0.884. The van der Waals surface area contributed by atoms with E-state index in [9.17, 15) is 4.79 Å². The smallest absolute Gasteiger partial charge is 0.330 e. The summed E-state index contributed by atoms with van der Waals surface area (Å²) in [5, 5.41) is 8.70. The number of benzene rings is 1. The van der Waals surface area contributed by atoms with E-state index in [1.54, 1.807) is 0 Å². The standard InChI is InChI=1S/C16H22O2/c1-3-4-7-14-9-11-15(12-10-14)8-5-6-13(2)16(17)18/h9-12H,2-8H2,1H3,(H,17,18). The quantitative estimate of drug-likeness (QED) is 0.704. The van der Waals surface area contributed by atoms with E-state index in [4.69, 9.17) is 5.11 Å². The average molecular weight is 246 g/mol. The minimum Gasteiger partial charge on any atom is -0.478 e. The van der Waals surface area contributed by atoms with E-state index in [-0.39, 0.29) is 0 Å². The molecule has 1 aromatic rings. The van der Waals surface area contributed by atoms with Crippen molar-refractivity contribution in [2.24, 2.45) is 0 Å². The predicted octanol–water partition coefficient (Wildman–Crippen LogP) is 3.99. The lowest BCUT2D eigenvalue weighted by atomic mass is 10.0. The Hall–Kier alpha value is -1.57. The number of aliphatic carboxylic acids is 1. The highest BCUT2D eigenvalue weighted by Crippen LogP contribution is 2.12. The minimum absolute atomic E-state index is 0.301.